The molecule has 5 rings (SSSR count). The van der Waals surface area contributed by atoms with Gasteiger partial charge in [0.15, 0.2) is 17.3 Å². The number of thioether (sulfide) groups is 1. The first-order valence-electron chi connectivity index (χ1n) is 10.9. The van der Waals surface area contributed by atoms with Gasteiger partial charge in [-0.2, -0.15) is 4.98 Å². The van der Waals surface area contributed by atoms with E-state index in [2.05, 4.69) is 5.32 Å². The van der Waals surface area contributed by atoms with Gasteiger partial charge in [-0.3, -0.25) is 4.79 Å². The summed E-state index contributed by atoms with van der Waals surface area (Å²) >= 11 is 1.39. The number of aryl methyl sites for hydroxylation is 1. The molecule has 0 saturated carbocycles. The standard InChI is InChI=1S/C27H23N3O3S/c1-17-9-6-7-13-21(17)28-23(31)16-34-27-20-15-19-12-8-14-22(32-2)24(19)33-26(20)29-25(30-27)18-10-4-3-5-11-18/h3-14H,15-16H2,1-2H3,(H,28,31). The minimum Gasteiger partial charge on any atom is -0.493 e. The summed E-state index contributed by atoms with van der Waals surface area (Å²) in [7, 11) is 1.62. The van der Waals surface area contributed by atoms with Crippen molar-refractivity contribution >= 4 is 23.4 Å². The molecule has 1 aliphatic heterocycles. The number of ether oxygens (including phenoxy) is 2. The molecule has 0 fully saturated rings. The summed E-state index contributed by atoms with van der Waals surface area (Å²) in [6.45, 7) is 1.97. The molecular weight excluding hydrogens is 446 g/mol. The minimum atomic E-state index is -0.0910. The monoisotopic (exact) mass is 469 g/mol. The molecule has 0 radical (unpaired) electrons. The molecule has 170 valence electrons. The Labute approximate surface area is 202 Å². The van der Waals surface area contributed by atoms with Gasteiger partial charge in [0.25, 0.3) is 0 Å². The third kappa shape index (κ3) is 4.47. The number of nitrogens with one attached hydrogen (secondary N) is 1. The second-order valence-corrected chi connectivity index (χ2v) is 8.85. The molecule has 1 aliphatic rings. The number of fused-ring (bicyclic) bond motifs is 2. The zero-order chi connectivity index (χ0) is 23.5. The van der Waals surface area contributed by atoms with Crippen molar-refractivity contribution < 1.29 is 14.3 Å². The highest BCUT2D eigenvalue weighted by atomic mass is 32.2. The van der Waals surface area contributed by atoms with Gasteiger partial charge in [0.1, 0.15) is 5.03 Å². The molecule has 0 unspecified atom stereocenters. The maximum Gasteiger partial charge on any atom is 0.234 e. The van der Waals surface area contributed by atoms with Crippen molar-refractivity contribution in [2.24, 2.45) is 0 Å². The minimum absolute atomic E-state index is 0.0910. The van der Waals surface area contributed by atoms with Gasteiger partial charge in [-0.05, 0) is 24.6 Å². The highest BCUT2D eigenvalue weighted by Crippen LogP contribution is 2.44. The van der Waals surface area contributed by atoms with Crippen LogP contribution in [0, 0.1) is 6.92 Å². The fourth-order valence-corrected chi connectivity index (χ4v) is 4.64. The van der Waals surface area contributed by atoms with Crippen LogP contribution in [0.3, 0.4) is 0 Å². The summed E-state index contributed by atoms with van der Waals surface area (Å²) in [5.74, 6) is 2.51. The predicted molar refractivity (Wildman–Crippen MR) is 134 cm³/mol. The van der Waals surface area contributed by atoms with E-state index in [4.69, 9.17) is 19.4 Å². The summed E-state index contributed by atoms with van der Waals surface area (Å²) in [4.78, 5) is 22.3. The average molecular weight is 470 g/mol. The third-order valence-electron chi connectivity index (χ3n) is 5.57. The van der Waals surface area contributed by atoms with E-state index in [0.29, 0.717) is 29.6 Å². The Morgan fingerprint density at radius 3 is 2.62 bits per heavy atom. The van der Waals surface area contributed by atoms with Gasteiger partial charge in [0.05, 0.1) is 18.4 Å². The third-order valence-corrected chi connectivity index (χ3v) is 6.59. The zero-order valence-electron chi connectivity index (χ0n) is 18.9. The van der Waals surface area contributed by atoms with Crippen molar-refractivity contribution in [1.29, 1.82) is 0 Å². The first-order chi connectivity index (χ1) is 16.6. The SMILES string of the molecule is COc1cccc2c1Oc1nc(-c3ccccc3)nc(SCC(=O)Nc3ccccc3C)c1C2. The molecule has 0 aliphatic carbocycles. The lowest BCUT2D eigenvalue weighted by molar-refractivity contribution is -0.113. The van der Waals surface area contributed by atoms with Crippen molar-refractivity contribution in [1.82, 2.24) is 9.97 Å². The van der Waals surface area contributed by atoms with Crippen LogP contribution in [0.4, 0.5) is 5.69 Å². The highest BCUT2D eigenvalue weighted by molar-refractivity contribution is 8.00. The maximum absolute atomic E-state index is 12.7. The topological polar surface area (TPSA) is 73.3 Å². The summed E-state index contributed by atoms with van der Waals surface area (Å²) in [6, 6.07) is 23.3. The molecule has 4 aromatic rings. The molecule has 2 heterocycles. The number of hydrogen-bond acceptors (Lipinski definition) is 6. The Morgan fingerprint density at radius 1 is 1.03 bits per heavy atom. The molecule has 0 spiro atoms. The number of nitrogens with zero attached hydrogens (tertiary/aromatic N) is 2. The molecule has 0 bridgehead atoms. The van der Waals surface area contributed by atoms with Crippen LogP contribution in [0.25, 0.3) is 11.4 Å². The first kappa shape index (κ1) is 22.0. The van der Waals surface area contributed by atoms with E-state index < -0.39 is 0 Å². The fourth-order valence-electron chi connectivity index (χ4n) is 3.81. The number of amides is 1. The molecule has 3 aromatic carbocycles. The highest BCUT2D eigenvalue weighted by Gasteiger charge is 2.26. The van der Waals surface area contributed by atoms with Crippen molar-refractivity contribution in [2.45, 2.75) is 18.4 Å². The molecule has 6 nitrogen and oxygen atoms in total. The second kappa shape index (κ2) is 9.57. The lowest BCUT2D eigenvalue weighted by Crippen LogP contribution is -2.16. The Morgan fingerprint density at radius 2 is 1.82 bits per heavy atom. The van der Waals surface area contributed by atoms with Crippen molar-refractivity contribution in [3.63, 3.8) is 0 Å². The van der Waals surface area contributed by atoms with E-state index in [1.807, 2.05) is 79.7 Å². The smallest absolute Gasteiger partial charge is 0.234 e. The molecule has 34 heavy (non-hydrogen) atoms. The Balaban J connectivity index is 1.46. The first-order valence-corrected chi connectivity index (χ1v) is 11.9. The van der Waals surface area contributed by atoms with Crippen LogP contribution in [-0.2, 0) is 11.2 Å². The summed E-state index contributed by atoms with van der Waals surface area (Å²) < 4.78 is 11.7. The van der Waals surface area contributed by atoms with E-state index in [-0.39, 0.29) is 11.7 Å². The van der Waals surface area contributed by atoms with Crippen LogP contribution in [0.15, 0.2) is 77.8 Å². The number of methoxy groups -OCH3 is 1. The molecule has 0 saturated heterocycles. The van der Waals surface area contributed by atoms with Gasteiger partial charge in [0.2, 0.25) is 11.8 Å². The second-order valence-electron chi connectivity index (χ2n) is 7.88. The van der Waals surface area contributed by atoms with Crippen LogP contribution in [-0.4, -0.2) is 28.7 Å². The molecule has 7 heteroatoms. The summed E-state index contributed by atoms with van der Waals surface area (Å²) in [5.41, 5.74) is 4.58. The lowest BCUT2D eigenvalue weighted by atomic mass is 10.0. The largest absolute Gasteiger partial charge is 0.493 e. The van der Waals surface area contributed by atoms with Gasteiger partial charge in [0, 0.05) is 23.2 Å². The molecule has 1 N–H and O–H groups in total. The number of aromatic nitrogens is 2. The average Bonchev–Trinajstić information content (AvgIpc) is 2.87. The number of carbonyl (C=O) groups is 1. The van der Waals surface area contributed by atoms with Crippen molar-refractivity contribution in [2.75, 3.05) is 18.2 Å². The normalized spacial score (nSPS) is 11.7. The van der Waals surface area contributed by atoms with Crippen LogP contribution >= 0.6 is 11.8 Å². The van der Waals surface area contributed by atoms with Gasteiger partial charge in [-0.15, -0.1) is 0 Å². The van der Waals surface area contributed by atoms with Crippen LogP contribution in [0.2, 0.25) is 0 Å². The van der Waals surface area contributed by atoms with Gasteiger partial charge < -0.3 is 14.8 Å². The van der Waals surface area contributed by atoms with Crippen LogP contribution < -0.4 is 14.8 Å². The van der Waals surface area contributed by atoms with Crippen molar-refractivity contribution in [3.05, 3.63) is 89.5 Å². The van der Waals surface area contributed by atoms with Crippen LogP contribution in [0.1, 0.15) is 16.7 Å². The Bertz CT molecular complexity index is 1360. The van der Waals surface area contributed by atoms with E-state index in [1.54, 1.807) is 7.11 Å². The zero-order valence-corrected chi connectivity index (χ0v) is 19.7. The Hall–Kier alpha value is -3.84. The fraction of sp³-hybridized carbons (Fsp3) is 0.148. The summed E-state index contributed by atoms with van der Waals surface area (Å²) in [5, 5.41) is 3.72. The van der Waals surface area contributed by atoms with E-state index in [9.17, 15) is 4.79 Å². The van der Waals surface area contributed by atoms with Gasteiger partial charge in [-0.25, -0.2) is 4.98 Å². The quantitative estimate of drug-likeness (QED) is 0.247. The van der Waals surface area contributed by atoms with E-state index in [1.165, 1.54) is 11.8 Å². The van der Waals surface area contributed by atoms with E-state index >= 15 is 0 Å². The summed E-state index contributed by atoms with van der Waals surface area (Å²) in [6.07, 6.45) is 0.596. The molecule has 1 amide bonds. The molecular formula is C27H23N3O3S. The predicted octanol–water partition coefficient (Wildman–Crippen LogP) is 5.89. The number of anilines is 1. The number of carbonyl (C=O) groups excluding carboxylic acids is 1. The number of para-hydroxylation sites is 2. The number of benzene rings is 3. The molecule has 1 aromatic heterocycles. The van der Waals surface area contributed by atoms with Crippen LogP contribution in [0.5, 0.6) is 17.4 Å². The number of rotatable bonds is 6. The molecule has 0 atom stereocenters. The van der Waals surface area contributed by atoms with E-state index in [0.717, 1.165) is 33.0 Å². The Kier molecular flexibility index (Phi) is 6.18. The van der Waals surface area contributed by atoms with Gasteiger partial charge >= 0.3 is 0 Å². The van der Waals surface area contributed by atoms with Crippen molar-refractivity contribution in [3.8, 4) is 28.8 Å². The maximum atomic E-state index is 12.7. The van der Waals surface area contributed by atoms with Gasteiger partial charge in [-0.1, -0.05) is 72.4 Å². The lowest BCUT2D eigenvalue weighted by Gasteiger charge is -2.23. The number of hydrogen-bond donors (Lipinski definition) is 1.